The lowest BCUT2D eigenvalue weighted by molar-refractivity contribution is -0.192. The molecular weight excluding hydrogens is 393 g/mol. The molecule has 0 aliphatic rings. The van der Waals surface area contributed by atoms with Crippen molar-refractivity contribution in [1.29, 1.82) is 0 Å². The molecule has 0 bridgehead atoms. The second-order valence-corrected chi connectivity index (χ2v) is 5.39. The van der Waals surface area contributed by atoms with Crippen LogP contribution in [0.15, 0.2) is 24.4 Å². The lowest BCUT2D eigenvalue weighted by atomic mass is 10.1. The van der Waals surface area contributed by atoms with Gasteiger partial charge >= 0.3 is 12.1 Å². The van der Waals surface area contributed by atoms with Crippen LogP contribution in [0.2, 0.25) is 5.02 Å². The topological polar surface area (TPSA) is 133 Å². The summed E-state index contributed by atoms with van der Waals surface area (Å²) < 4.78 is 38.9. The molecule has 0 spiro atoms. The van der Waals surface area contributed by atoms with Crippen molar-refractivity contribution in [2.24, 2.45) is 18.5 Å². The number of halogens is 4. The van der Waals surface area contributed by atoms with Crippen molar-refractivity contribution in [2.75, 3.05) is 13.2 Å². The molecule has 148 valence electrons. The van der Waals surface area contributed by atoms with E-state index in [0.29, 0.717) is 40.7 Å². The third-order valence-corrected chi connectivity index (χ3v) is 3.31. The molecule has 0 aliphatic carbocycles. The first-order valence-corrected chi connectivity index (χ1v) is 7.61. The largest absolute Gasteiger partial charge is 0.492 e. The number of aromatic nitrogens is 2. The van der Waals surface area contributed by atoms with E-state index in [1.807, 2.05) is 0 Å². The van der Waals surface area contributed by atoms with Gasteiger partial charge in [-0.3, -0.25) is 9.48 Å². The van der Waals surface area contributed by atoms with Crippen LogP contribution in [0.1, 0.15) is 10.4 Å². The smallest absolute Gasteiger partial charge is 0.490 e. The maximum Gasteiger partial charge on any atom is 0.490 e. The summed E-state index contributed by atoms with van der Waals surface area (Å²) in [5.74, 6) is -2.70. The molecule has 0 unspecified atom stereocenters. The van der Waals surface area contributed by atoms with Gasteiger partial charge in [0.1, 0.15) is 12.4 Å². The van der Waals surface area contributed by atoms with Gasteiger partial charge in [-0.05, 0) is 18.2 Å². The monoisotopic (exact) mass is 408 g/mol. The number of aliphatic carboxylic acids is 1. The molecular formula is C15H16ClF3N4O4. The summed E-state index contributed by atoms with van der Waals surface area (Å²) in [5.41, 5.74) is 12.4. The first-order valence-electron chi connectivity index (χ1n) is 7.23. The lowest BCUT2D eigenvalue weighted by Gasteiger charge is -2.12. The summed E-state index contributed by atoms with van der Waals surface area (Å²) in [4.78, 5) is 20.2. The first-order chi connectivity index (χ1) is 12.5. The van der Waals surface area contributed by atoms with Crippen LogP contribution in [0.4, 0.5) is 13.2 Å². The van der Waals surface area contributed by atoms with Crippen LogP contribution in [-0.4, -0.2) is 46.1 Å². The Labute approximate surface area is 156 Å². The van der Waals surface area contributed by atoms with Gasteiger partial charge in [-0.1, -0.05) is 11.6 Å². The predicted octanol–water partition coefficient (Wildman–Crippen LogP) is 1.81. The van der Waals surface area contributed by atoms with Crippen LogP contribution in [0.5, 0.6) is 5.75 Å². The van der Waals surface area contributed by atoms with Gasteiger partial charge in [0.25, 0.3) is 0 Å². The van der Waals surface area contributed by atoms with Crippen molar-refractivity contribution < 1.29 is 32.6 Å². The average molecular weight is 409 g/mol. The van der Waals surface area contributed by atoms with Crippen LogP contribution in [-0.2, 0) is 11.8 Å². The van der Waals surface area contributed by atoms with Crippen molar-refractivity contribution in [3.8, 4) is 17.0 Å². The second-order valence-electron chi connectivity index (χ2n) is 4.98. The minimum atomic E-state index is -5.08. The zero-order chi connectivity index (χ0) is 20.8. The molecule has 1 aromatic carbocycles. The Morgan fingerprint density at radius 1 is 1.37 bits per heavy atom. The highest BCUT2D eigenvalue weighted by atomic mass is 35.5. The molecule has 0 saturated heterocycles. The number of ether oxygens (including phenoxy) is 1. The number of rotatable bonds is 5. The molecule has 1 heterocycles. The van der Waals surface area contributed by atoms with Gasteiger partial charge in [0.15, 0.2) is 0 Å². The summed E-state index contributed by atoms with van der Waals surface area (Å²) in [6.07, 6.45) is -3.56. The Balaban J connectivity index is 0.000000445. The fourth-order valence-corrected chi connectivity index (χ4v) is 2.14. The number of nitrogens with zero attached hydrogens (tertiary/aromatic N) is 2. The van der Waals surface area contributed by atoms with E-state index in [0.717, 1.165) is 0 Å². The van der Waals surface area contributed by atoms with E-state index < -0.39 is 18.1 Å². The number of amides is 1. The average Bonchev–Trinajstić information content (AvgIpc) is 2.91. The Kier molecular flexibility index (Phi) is 7.61. The number of aryl methyl sites for hydroxylation is 1. The van der Waals surface area contributed by atoms with Gasteiger partial charge in [-0.15, -0.1) is 0 Å². The lowest BCUT2D eigenvalue weighted by Crippen LogP contribution is -2.21. The molecule has 0 atom stereocenters. The number of carbonyl (C=O) groups is 2. The maximum absolute atomic E-state index is 11.3. The number of hydrogen-bond donors (Lipinski definition) is 3. The van der Waals surface area contributed by atoms with E-state index in [9.17, 15) is 18.0 Å². The number of hydrogen-bond acceptors (Lipinski definition) is 5. The minimum absolute atomic E-state index is 0.360. The summed E-state index contributed by atoms with van der Waals surface area (Å²) in [6.45, 7) is 0.745. The molecule has 0 saturated carbocycles. The minimum Gasteiger partial charge on any atom is -0.492 e. The van der Waals surface area contributed by atoms with E-state index in [-0.39, 0.29) is 0 Å². The normalized spacial score (nSPS) is 10.7. The molecule has 5 N–H and O–H groups in total. The molecule has 0 radical (unpaired) electrons. The molecule has 8 nitrogen and oxygen atoms in total. The zero-order valence-corrected chi connectivity index (χ0v) is 14.7. The van der Waals surface area contributed by atoms with Crippen LogP contribution < -0.4 is 16.2 Å². The zero-order valence-electron chi connectivity index (χ0n) is 14.0. The van der Waals surface area contributed by atoms with Crippen molar-refractivity contribution in [3.05, 3.63) is 35.0 Å². The Morgan fingerprint density at radius 2 is 1.96 bits per heavy atom. The van der Waals surface area contributed by atoms with Crippen molar-refractivity contribution in [3.63, 3.8) is 0 Å². The summed E-state index contributed by atoms with van der Waals surface area (Å²) in [7, 11) is 1.75. The van der Waals surface area contributed by atoms with Crippen molar-refractivity contribution >= 4 is 23.5 Å². The Bertz CT molecular complexity index is 804. The third kappa shape index (κ3) is 6.15. The van der Waals surface area contributed by atoms with Gasteiger partial charge < -0.3 is 21.3 Å². The predicted molar refractivity (Wildman–Crippen MR) is 90.4 cm³/mol. The van der Waals surface area contributed by atoms with Crippen LogP contribution in [0.25, 0.3) is 11.3 Å². The molecule has 0 fully saturated rings. The number of carboxylic acid groups (broad SMARTS) is 1. The highest BCUT2D eigenvalue weighted by molar-refractivity contribution is 6.33. The number of carbonyl (C=O) groups excluding carboxylic acids is 1. The molecule has 0 aliphatic heterocycles. The number of carboxylic acids is 1. The number of primary amides is 1. The number of benzene rings is 1. The SMILES string of the molecule is Cn1ncc(Cl)c1-c1cc(C(N)=O)ccc1OCCN.O=C(O)C(F)(F)F. The molecule has 1 aromatic heterocycles. The van der Waals surface area contributed by atoms with Gasteiger partial charge in [0.2, 0.25) is 5.91 Å². The Hall–Kier alpha value is -2.79. The summed E-state index contributed by atoms with van der Waals surface area (Å²) >= 11 is 6.14. The molecule has 1 amide bonds. The quantitative estimate of drug-likeness (QED) is 0.690. The molecule has 2 rings (SSSR count). The van der Waals surface area contributed by atoms with E-state index in [4.69, 9.17) is 37.7 Å². The third-order valence-electron chi connectivity index (χ3n) is 3.03. The van der Waals surface area contributed by atoms with E-state index in [2.05, 4.69) is 5.10 Å². The van der Waals surface area contributed by atoms with Crippen LogP contribution in [0, 0.1) is 0 Å². The number of alkyl halides is 3. The standard InChI is InChI=1S/C13H15ClN4O2.C2HF3O2/c1-18-12(10(14)7-17-18)9-6-8(13(16)19)2-3-11(9)20-5-4-15;3-2(4,5)1(6)7/h2-3,6-7H,4-5,15H2,1H3,(H2,16,19);(H,6,7). The van der Waals surface area contributed by atoms with Gasteiger partial charge in [-0.25, -0.2) is 4.79 Å². The summed E-state index contributed by atoms with van der Waals surface area (Å²) in [6, 6.07) is 4.91. The van der Waals surface area contributed by atoms with Gasteiger partial charge in [-0.2, -0.15) is 18.3 Å². The molecule has 27 heavy (non-hydrogen) atoms. The summed E-state index contributed by atoms with van der Waals surface area (Å²) in [5, 5.41) is 11.7. The fraction of sp³-hybridized carbons (Fsp3) is 0.267. The van der Waals surface area contributed by atoms with E-state index in [1.54, 1.807) is 29.9 Å². The highest BCUT2D eigenvalue weighted by Gasteiger charge is 2.38. The van der Waals surface area contributed by atoms with Crippen LogP contribution >= 0.6 is 11.6 Å². The highest BCUT2D eigenvalue weighted by Crippen LogP contribution is 2.35. The van der Waals surface area contributed by atoms with Crippen molar-refractivity contribution in [1.82, 2.24) is 9.78 Å². The van der Waals surface area contributed by atoms with Crippen molar-refractivity contribution in [2.45, 2.75) is 6.18 Å². The number of nitrogens with two attached hydrogens (primary N) is 2. The van der Waals surface area contributed by atoms with Gasteiger partial charge in [0.05, 0.1) is 16.9 Å². The Morgan fingerprint density at radius 3 is 2.37 bits per heavy atom. The first kappa shape index (κ1) is 22.3. The maximum atomic E-state index is 11.3. The van der Waals surface area contributed by atoms with E-state index in [1.165, 1.54) is 6.20 Å². The molecule has 2 aromatic rings. The second kappa shape index (κ2) is 9.24. The fourth-order valence-electron chi connectivity index (χ4n) is 1.88. The van der Waals surface area contributed by atoms with Crippen LogP contribution in [0.3, 0.4) is 0 Å². The molecule has 12 heteroatoms. The van der Waals surface area contributed by atoms with Gasteiger partial charge in [0, 0.05) is 24.7 Å². The van der Waals surface area contributed by atoms with E-state index >= 15 is 0 Å².